The van der Waals surface area contributed by atoms with E-state index in [9.17, 15) is 4.79 Å². The molecule has 0 radical (unpaired) electrons. The predicted octanol–water partition coefficient (Wildman–Crippen LogP) is 2.64. The van der Waals surface area contributed by atoms with Gasteiger partial charge in [-0.3, -0.25) is 4.79 Å². The number of rotatable bonds is 3. The lowest BCUT2D eigenvalue weighted by Gasteiger charge is -2.42. The zero-order valence-electron chi connectivity index (χ0n) is 14.7. The molecule has 0 bridgehead atoms. The number of amides is 1. The number of aryl methyl sites for hydroxylation is 1. The van der Waals surface area contributed by atoms with Crippen LogP contribution in [0.15, 0.2) is 36.7 Å². The number of carbonyl (C=O) groups excluding carboxylic acids is 1. The van der Waals surface area contributed by atoms with Crippen molar-refractivity contribution in [1.82, 2.24) is 19.7 Å². The van der Waals surface area contributed by atoms with Crippen LogP contribution in [-0.4, -0.2) is 38.7 Å². The second-order valence-corrected chi connectivity index (χ2v) is 8.20. The van der Waals surface area contributed by atoms with E-state index >= 15 is 0 Å². The molecule has 1 atom stereocenters. The highest BCUT2D eigenvalue weighted by molar-refractivity contribution is 5.91. The molecule has 5 rings (SSSR count). The van der Waals surface area contributed by atoms with Gasteiger partial charge in [-0.15, -0.1) is 10.2 Å². The molecule has 1 unspecified atom stereocenters. The van der Waals surface area contributed by atoms with Gasteiger partial charge in [-0.05, 0) is 36.7 Å². The highest BCUT2D eigenvalue weighted by atomic mass is 16.2. The molecule has 1 aromatic carbocycles. The zero-order valence-corrected chi connectivity index (χ0v) is 14.7. The molecule has 1 spiro atoms. The van der Waals surface area contributed by atoms with Crippen molar-refractivity contribution in [2.24, 2.45) is 12.5 Å². The largest absolute Gasteiger partial charge is 0.341 e. The van der Waals surface area contributed by atoms with E-state index in [0.717, 1.165) is 31.8 Å². The van der Waals surface area contributed by atoms with Crippen LogP contribution in [0.1, 0.15) is 49.4 Å². The topological polar surface area (TPSA) is 51.0 Å². The fourth-order valence-corrected chi connectivity index (χ4v) is 5.04. The Morgan fingerprint density at radius 2 is 1.92 bits per heavy atom. The fraction of sp³-hybridized carbons (Fsp3) is 0.550. The van der Waals surface area contributed by atoms with Gasteiger partial charge < -0.3 is 9.47 Å². The van der Waals surface area contributed by atoms with Crippen LogP contribution >= 0.6 is 0 Å². The van der Waals surface area contributed by atoms with Crippen molar-refractivity contribution in [3.8, 4) is 0 Å². The van der Waals surface area contributed by atoms with Crippen LogP contribution < -0.4 is 0 Å². The molecule has 0 N–H and O–H groups in total. The summed E-state index contributed by atoms with van der Waals surface area (Å²) in [5.74, 6) is 1.69. The van der Waals surface area contributed by atoms with Gasteiger partial charge >= 0.3 is 0 Å². The maximum atomic E-state index is 13.4. The molecule has 1 saturated heterocycles. The second kappa shape index (κ2) is 5.16. The van der Waals surface area contributed by atoms with E-state index < -0.39 is 0 Å². The lowest BCUT2D eigenvalue weighted by Crippen LogP contribution is -2.41. The molecule has 3 fully saturated rings. The zero-order chi connectivity index (χ0) is 17.1. The summed E-state index contributed by atoms with van der Waals surface area (Å²) in [5, 5.41) is 8.46. The number of nitrogens with zero attached hydrogens (tertiary/aromatic N) is 4. The molecule has 130 valence electrons. The van der Waals surface area contributed by atoms with Gasteiger partial charge in [0.15, 0.2) is 0 Å². The number of carbonyl (C=O) groups is 1. The monoisotopic (exact) mass is 336 g/mol. The molecule has 2 heterocycles. The van der Waals surface area contributed by atoms with Crippen molar-refractivity contribution in [3.63, 3.8) is 0 Å². The summed E-state index contributed by atoms with van der Waals surface area (Å²) < 4.78 is 2.03. The smallest absolute Gasteiger partial charge is 0.233 e. The van der Waals surface area contributed by atoms with Gasteiger partial charge in [0.05, 0.1) is 5.41 Å². The van der Waals surface area contributed by atoms with Crippen molar-refractivity contribution in [1.29, 1.82) is 0 Å². The fourth-order valence-electron chi connectivity index (χ4n) is 5.04. The molecule has 5 heteroatoms. The summed E-state index contributed by atoms with van der Waals surface area (Å²) >= 11 is 0. The Balaban J connectivity index is 1.44. The summed E-state index contributed by atoms with van der Waals surface area (Å²) in [4.78, 5) is 15.6. The first-order valence-electron chi connectivity index (χ1n) is 9.34. The normalized spacial score (nSPS) is 25.8. The molecule has 25 heavy (non-hydrogen) atoms. The maximum absolute atomic E-state index is 13.4. The van der Waals surface area contributed by atoms with Gasteiger partial charge in [-0.2, -0.15) is 0 Å². The van der Waals surface area contributed by atoms with Crippen molar-refractivity contribution in [3.05, 3.63) is 48.0 Å². The first kappa shape index (κ1) is 15.1. The molecule has 2 aromatic rings. The molecule has 3 aliphatic rings. The maximum Gasteiger partial charge on any atom is 0.233 e. The van der Waals surface area contributed by atoms with Crippen LogP contribution in [0, 0.1) is 5.41 Å². The third-order valence-corrected chi connectivity index (χ3v) is 6.83. The summed E-state index contributed by atoms with van der Waals surface area (Å²) in [5.41, 5.74) is 1.15. The highest BCUT2D eigenvalue weighted by Crippen LogP contribution is 2.57. The number of benzene rings is 1. The van der Waals surface area contributed by atoms with E-state index in [-0.39, 0.29) is 10.8 Å². The third-order valence-electron chi connectivity index (χ3n) is 6.83. The van der Waals surface area contributed by atoms with Crippen molar-refractivity contribution < 1.29 is 4.79 Å². The number of hydrogen-bond acceptors (Lipinski definition) is 3. The van der Waals surface area contributed by atoms with Crippen LogP contribution in [0.25, 0.3) is 0 Å². The van der Waals surface area contributed by atoms with E-state index in [1.165, 1.54) is 24.8 Å². The minimum Gasteiger partial charge on any atom is -0.341 e. The summed E-state index contributed by atoms with van der Waals surface area (Å²) in [6.45, 7) is 1.68. The molecule has 1 aliphatic heterocycles. The Hall–Kier alpha value is -2.17. The minimum absolute atomic E-state index is 0.225. The summed E-state index contributed by atoms with van der Waals surface area (Å²) in [6, 6.07) is 10.3. The summed E-state index contributed by atoms with van der Waals surface area (Å²) in [7, 11) is 2.01. The van der Waals surface area contributed by atoms with Crippen LogP contribution in [0.3, 0.4) is 0 Å². The molecule has 2 aliphatic carbocycles. The quantitative estimate of drug-likeness (QED) is 0.866. The van der Waals surface area contributed by atoms with E-state index in [1.54, 1.807) is 6.33 Å². The van der Waals surface area contributed by atoms with Crippen LogP contribution in [0.4, 0.5) is 0 Å². The van der Waals surface area contributed by atoms with Crippen LogP contribution in [-0.2, 0) is 17.3 Å². The first-order chi connectivity index (χ1) is 12.1. The average Bonchev–Trinajstić information content (AvgIpc) is 3.14. The highest BCUT2D eigenvalue weighted by Gasteiger charge is 2.59. The molecule has 1 amide bonds. The van der Waals surface area contributed by atoms with E-state index in [0.29, 0.717) is 11.8 Å². The van der Waals surface area contributed by atoms with Crippen molar-refractivity contribution in [2.45, 2.75) is 43.4 Å². The van der Waals surface area contributed by atoms with Gasteiger partial charge in [-0.1, -0.05) is 36.8 Å². The SMILES string of the molecule is Cn1cnnc1C1CN(C(=O)C2(c3ccccc3)CC2)CC12CCC2. The lowest BCUT2D eigenvalue weighted by molar-refractivity contribution is -0.133. The molecular weight excluding hydrogens is 312 g/mol. The van der Waals surface area contributed by atoms with Gasteiger partial charge in [0.2, 0.25) is 5.91 Å². The van der Waals surface area contributed by atoms with Crippen molar-refractivity contribution >= 4 is 5.91 Å². The van der Waals surface area contributed by atoms with E-state index in [2.05, 4.69) is 27.2 Å². The molecular formula is C20H24N4O. The van der Waals surface area contributed by atoms with E-state index in [4.69, 9.17) is 0 Å². The number of likely N-dealkylation sites (tertiary alicyclic amines) is 1. The number of aromatic nitrogens is 3. The Bertz CT molecular complexity index is 804. The van der Waals surface area contributed by atoms with Gasteiger partial charge in [0.25, 0.3) is 0 Å². The predicted molar refractivity (Wildman–Crippen MR) is 94.0 cm³/mol. The van der Waals surface area contributed by atoms with Crippen LogP contribution in [0.2, 0.25) is 0 Å². The Kier molecular flexibility index (Phi) is 3.12. The Morgan fingerprint density at radius 1 is 1.16 bits per heavy atom. The number of hydrogen-bond donors (Lipinski definition) is 0. The lowest BCUT2D eigenvalue weighted by atomic mass is 9.62. The van der Waals surface area contributed by atoms with Gasteiger partial charge in [0, 0.05) is 26.1 Å². The third kappa shape index (κ3) is 2.11. The van der Waals surface area contributed by atoms with Gasteiger partial charge in [-0.25, -0.2) is 0 Å². The molecule has 1 aromatic heterocycles. The summed E-state index contributed by atoms with van der Waals surface area (Å²) in [6.07, 6.45) is 7.40. The standard InChI is InChI=1S/C20H24N4O/c1-23-14-21-22-17(23)16-12-24(13-19(16)8-5-9-19)18(25)20(10-11-20)15-6-3-2-4-7-15/h2-4,6-7,14,16H,5,8-13H2,1H3. The van der Waals surface area contributed by atoms with Crippen LogP contribution in [0.5, 0.6) is 0 Å². The van der Waals surface area contributed by atoms with E-state index in [1.807, 2.05) is 29.8 Å². The average molecular weight is 336 g/mol. The minimum atomic E-state index is -0.263. The first-order valence-corrected chi connectivity index (χ1v) is 9.34. The Morgan fingerprint density at radius 3 is 2.48 bits per heavy atom. The van der Waals surface area contributed by atoms with Gasteiger partial charge in [0.1, 0.15) is 12.2 Å². The Labute approximate surface area is 148 Å². The second-order valence-electron chi connectivity index (χ2n) is 8.20. The van der Waals surface area contributed by atoms with Crippen molar-refractivity contribution in [2.75, 3.05) is 13.1 Å². The molecule has 2 saturated carbocycles. The molecule has 5 nitrogen and oxygen atoms in total.